The molecule has 100 valence electrons. The number of hydrogen-bond donors (Lipinski definition) is 2. The molecule has 1 aliphatic rings. The predicted molar refractivity (Wildman–Crippen MR) is 67.0 cm³/mol. The zero-order chi connectivity index (χ0) is 13.0. The van der Waals surface area contributed by atoms with E-state index in [4.69, 9.17) is 10.5 Å². The van der Waals surface area contributed by atoms with Crippen LogP contribution in [-0.2, 0) is 9.53 Å². The number of carbonyl (C=O) groups excluding carboxylic acids is 1. The number of hydrogen-bond acceptors (Lipinski definition) is 4. The number of nitrogens with two attached hydrogens (primary N) is 1. The van der Waals surface area contributed by atoms with Crippen molar-refractivity contribution in [3.63, 3.8) is 0 Å². The van der Waals surface area contributed by atoms with Crippen molar-refractivity contribution in [1.82, 2.24) is 14.9 Å². The van der Waals surface area contributed by atoms with Gasteiger partial charge in [-0.15, -0.1) is 0 Å². The molecular weight excluding hydrogens is 232 g/mol. The average molecular weight is 252 g/mol. The fourth-order valence-electron chi connectivity index (χ4n) is 2.39. The lowest BCUT2D eigenvalue weighted by molar-refractivity contribution is -0.135. The van der Waals surface area contributed by atoms with Gasteiger partial charge in [-0.1, -0.05) is 0 Å². The molecule has 0 bridgehead atoms. The summed E-state index contributed by atoms with van der Waals surface area (Å²) in [4.78, 5) is 21.3. The van der Waals surface area contributed by atoms with Gasteiger partial charge in [-0.2, -0.15) is 0 Å². The van der Waals surface area contributed by atoms with Crippen LogP contribution < -0.4 is 5.73 Å². The van der Waals surface area contributed by atoms with Gasteiger partial charge in [0.25, 0.3) is 0 Å². The summed E-state index contributed by atoms with van der Waals surface area (Å²) in [6.45, 7) is 1.72. The highest BCUT2D eigenvalue weighted by atomic mass is 16.5. The smallest absolute Gasteiger partial charge is 0.241 e. The summed E-state index contributed by atoms with van der Waals surface area (Å²) >= 11 is 0. The summed E-state index contributed by atoms with van der Waals surface area (Å²) in [5.41, 5.74) is 5.78. The van der Waals surface area contributed by atoms with Crippen molar-refractivity contribution < 1.29 is 9.53 Å². The maximum Gasteiger partial charge on any atom is 0.241 e. The van der Waals surface area contributed by atoms with Crippen LogP contribution in [0.1, 0.15) is 24.6 Å². The van der Waals surface area contributed by atoms with Gasteiger partial charge in [0.15, 0.2) is 0 Å². The Labute approximate surface area is 107 Å². The van der Waals surface area contributed by atoms with Crippen LogP contribution in [-0.4, -0.2) is 53.6 Å². The van der Waals surface area contributed by atoms with Gasteiger partial charge in [-0.25, -0.2) is 4.98 Å². The maximum absolute atomic E-state index is 12.1. The Hall–Kier alpha value is -1.40. The quantitative estimate of drug-likeness (QED) is 0.795. The van der Waals surface area contributed by atoms with Gasteiger partial charge in [0, 0.05) is 38.5 Å². The molecule has 0 radical (unpaired) electrons. The molecule has 0 aromatic carbocycles. The molecule has 2 rings (SSSR count). The van der Waals surface area contributed by atoms with Gasteiger partial charge in [0.2, 0.25) is 5.91 Å². The van der Waals surface area contributed by atoms with Crippen molar-refractivity contribution in [1.29, 1.82) is 0 Å². The topological polar surface area (TPSA) is 84.2 Å². The highest BCUT2D eigenvalue weighted by molar-refractivity contribution is 5.82. The second kappa shape index (κ2) is 5.97. The molecule has 1 aromatic rings. The number of amides is 1. The molecule has 1 aromatic heterocycles. The van der Waals surface area contributed by atoms with Gasteiger partial charge in [-0.05, 0) is 12.8 Å². The first-order valence-corrected chi connectivity index (χ1v) is 6.25. The minimum absolute atomic E-state index is 0.0342. The molecular formula is C12H20N4O2. The molecule has 6 heteroatoms. The van der Waals surface area contributed by atoms with Crippen LogP contribution in [0.3, 0.4) is 0 Å². The fourth-order valence-corrected chi connectivity index (χ4v) is 2.39. The van der Waals surface area contributed by atoms with Gasteiger partial charge >= 0.3 is 0 Å². The van der Waals surface area contributed by atoms with Crippen LogP contribution >= 0.6 is 0 Å². The third-order valence-electron chi connectivity index (χ3n) is 3.30. The Morgan fingerprint density at radius 3 is 3.28 bits per heavy atom. The predicted octanol–water partition coefficient (Wildman–Crippen LogP) is 0.0894. The molecule has 2 unspecified atom stereocenters. The van der Waals surface area contributed by atoms with Gasteiger partial charge < -0.3 is 20.4 Å². The molecule has 3 N–H and O–H groups in total. The average Bonchev–Trinajstić information content (AvgIpc) is 2.92. The summed E-state index contributed by atoms with van der Waals surface area (Å²) in [5.74, 6) is 1.20. The number of imidazole rings is 1. The number of nitrogens with one attached hydrogen (secondary N) is 1. The molecule has 1 saturated heterocycles. The van der Waals surface area contributed by atoms with Crippen LogP contribution in [0.4, 0.5) is 0 Å². The first-order chi connectivity index (χ1) is 8.72. The first-order valence-electron chi connectivity index (χ1n) is 6.25. The number of aromatic nitrogens is 2. The minimum Gasteiger partial charge on any atom is -0.383 e. The van der Waals surface area contributed by atoms with Crippen molar-refractivity contribution in [3.05, 3.63) is 18.2 Å². The zero-order valence-electron chi connectivity index (χ0n) is 10.6. The van der Waals surface area contributed by atoms with E-state index in [1.54, 1.807) is 13.3 Å². The summed E-state index contributed by atoms with van der Waals surface area (Å²) < 4.78 is 4.92. The number of methoxy groups -OCH3 is 1. The number of H-pyrrole nitrogens is 1. The zero-order valence-corrected chi connectivity index (χ0v) is 10.6. The second-order valence-electron chi connectivity index (χ2n) is 4.66. The summed E-state index contributed by atoms with van der Waals surface area (Å²) in [5, 5.41) is 0. The number of ether oxygens (including phenoxy) is 1. The van der Waals surface area contributed by atoms with E-state index in [9.17, 15) is 4.79 Å². The number of piperidine rings is 1. The molecule has 2 atom stereocenters. The second-order valence-corrected chi connectivity index (χ2v) is 4.66. The fraction of sp³-hybridized carbons (Fsp3) is 0.667. The lowest BCUT2D eigenvalue weighted by Gasteiger charge is -2.33. The normalized spacial score (nSPS) is 21.9. The number of carbonyl (C=O) groups is 1. The molecule has 2 heterocycles. The maximum atomic E-state index is 12.1. The molecule has 1 aliphatic heterocycles. The molecule has 0 saturated carbocycles. The van der Waals surface area contributed by atoms with E-state index in [-0.39, 0.29) is 18.4 Å². The highest BCUT2D eigenvalue weighted by Crippen LogP contribution is 2.24. The minimum atomic E-state index is -0.564. The van der Waals surface area contributed by atoms with E-state index in [1.165, 1.54) is 0 Å². The Bertz CT molecular complexity index is 379. The van der Waals surface area contributed by atoms with Crippen molar-refractivity contribution in [2.45, 2.75) is 24.8 Å². The monoisotopic (exact) mass is 252 g/mol. The molecule has 1 fully saturated rings. The molecule has 1 amide bonds. The Morgan fingerprint density at radius 2 is 2.61 bits per heavy atom. The van der Waals surface area contributed by atoms with E-state index >= 15 is 0 Å². The highest BCUT2D eigenvalue weighted by Gasteiger charge is 2.28. The third kappa shape index (κ3) is 2.88. The molecule has 6 nitrogen and oxygen atoms in total. The van der Waals surface area contributed by atoms with Crippen LogP contribution in [0.15, 0.2) is 12.4 Å². The van der Waals surface area contributed by atoms with Crippen LogP contribution in [0.25, 0.3) is 0 Å². The Balaban J connectivity index is 1.96. The van der Waals surface area contributed by atoms with E-state index in [2.05, 4.69) is 9.97 Å². The Kier molecular flexibility index (Phi) is 4.33. The number of nitrogens with zero attached hydrogens (tertiary/aromatic N) is 2. The largest absolute Gasteiger partial charge is 0.383 e. The van der Waals surface area contributed by atoms with Gasteiger partial charge in [0.05, 0.1) is 6.61 Å². The first kappa shape index (κ1) is 13.0. The van der Waals surface area contributed by atoms with Crippen LogP contribution in [0.2, 0.25) is 0 Å². The van der Waals surface area contributed by atoms with Crippen molar-refractivity contribution >= 4 is 5.91 Å². The van der Waals surface area contributed by atoms with Crippen molar-refractivity contribution in [3.8, 4) is 0 Å². The van der Waals surface area contributed by atoms with E-state index in [0.717, 1.165) is 25.2 Å². The summed E-state index contributed by atoms with van der Waals surface area (Å²) in [7, 11) is 1.55. The van der Waals surface area contributed by atoms with Crippen LogP contribution in [0, 0.1) is 0 Å². The molecule has 18 heavy (non-hydrogen) atoms. The number of aromatic amines is 1. The molecule has 0 spiro atoms. The van der Waals surface area contributed by atoms with Gasteiger partial charge in [-0.3, -0.25) is 4.79 Å². The lowest BCUT2D eigenvalue weighted by Crippen LogP contribution is -2.49. The molecule has 0 aliphatic carbocycles. The SMILES string of the molecule is COCC(N)C(=O)N1CCCC(c2ncc[nH]2)C1. The number of rotatable bonds is 4. The standard InChI is InChI=1S/C12H20N4O2/c1-18-8-10(13)12(17)16-6-2-3-9(7-16)11-14-4-5-15-11/h4-5,9-10H,2-3,6-8,13H2,1H3,(H,14,15). The summed E-state index contributed by atoms with van der Waals surface area (Å²) in [6.07, 6.45) is 5.59. The Morgan fingerprint density at radius 1 is 1.78 bits per heavy atom. The number of likely N-dealkylation sites (tertiary alicyclic amines) is 1. The van der Waals surface area contributed by atoms with E-state index in [1.807, 2.05) is 11.1 Å². The van der Waals surface area contributed by atoms with Crippen molar-refractivity contribution in [2.75, 3.05) is 26.8 Å². The lowest BCUT2D eigenvalue weighted by atomic mass is 9.97. The third-order valence-corrected chi connectivity index (χ3v) is 3.30. The van der Waals surface area contributed by atoms with Crippen LogP contribution in [0.5, 0.6) is 0 Å². The van der Waals surface area contributed by atoms with E-state index < -0.39 is 6.04 Å². The summed E-state index contributed by atoms with van der Waals surface area (Å²) in [6, 6.07) is -0.564. The van der Waals surface area contributed by atoms with E-state index in [0.29, 0.717) is 6.54 Å². The van der Waals surface area contributed by atoms with Gasteiger partial charge in [0.1, 0.15) is 11.9 Å². The van der Waals surface area contributed by atoms with Crippen molar-refractivity contribution in [2.24, 2.45) is 5.73 Å².